The third kappa shape index (κ3) is 3.05. The summed E-state index contributed by atoms with van der Waals surface area (Å²) in [5.74, 6) is -0.849. The highest BCUT2D eigenvalue weighted by Crippen LogP contribution is 2.17. The maximum atomic E-state index is 14.1. The molecule has 1 saturated heterocycles. The molecule has 1 amide bonds. The van der Waals surface area contributed by atoms with E-state index in [-0.39, 0.29) is 23.9 Å². The average Bonchev–Trinajstić information content (AvgIpc) is 2.48. The van der Waals surface area contributed by atoms with Crippen LogP contribution in [-0.4, -0.2) is 72.2 Å². The first-order valence-electron chi connectivity index (χ1n) is 6.62. The topological polar surface area (TPSA) is 68.7 Å². The van der Waals surface area contributed by atoms with Crippen LogP contribution in [-0.2, 0) is 0 Å². The summed E-state index contributed by atoms with van der Waals surface area (Å²) in [4.78, 5) is 19.9. The Kier molecular flexibility index (Phi) is 4.86. The van der Waals surface area contributed by atoms with Crippen molar-refractivity contribution in [2.75, 3.05) is 51.7 Å². The van der Waals surface area contributed by atoms with Gasteiger partial charge in [-0.3, -0.25) is 9.69 Å². The van der Waals surface area contributed by atoms with Gasteiger partial charge in [0.2, 0.25) is 0 Å². The smallest absolute Gasteiger partial charge is 0.257 e. The number of nitrogens with zero attached hydrogens (tertiary/aromatic N) is 3. The maximum Gasteiger partial charge on any atom is 0.257 e. The molecular formula is C13H19FN4O2. The van der Waals surface area contributed by atoms with Crippen molar-refractivity contribution >= 4 is 11.7 Å². The normalized spacial score (nSPS) is 16.2. The standard InChI is InChI=1S/C13H19FN4O2/c1-15-12-11(14)10(2-3-16-12)13(20)18-6-4-17(5-7-18)8-9-19/h2-3,19H,4-9H2,1H3,(H,15,16). The number of rotatable bonds is 4. The number of pyridine rings is 1. The molecule has 0 spiro atoms. The van der Waals surface area contributed by atoms with E-state index in [1.54, 1.807) is 11.9 Å². The predicted octanol–water partition coefficient (Wildman–Crippen LogP) is 0.0125. The molecule has 2 rings (SSSR count). The molecule has 6 nitrogen and oxygen atoms in total. The molecule has 1 aromatic rings. The Labute approximate surface area is 117 Å². The molecule has 110 valence electrons. The van der Waals surface area contributed by atoms with E-state index in [0.29, 0.717) is 32.7 Å². The Hall–Kier alpha value is -1.73. The van der Waals surface area contributed by atoms with Crippen molar-refractivity contribution in [3.05, 3.63) is 23.6 Å². The quantitative estimate of drug-likeness (QED) is 0.814. The average molecular weight is 282 g/mol. The zero-order valence-corrected chi connectivity index (χ0v) is 11.5. The summed E-state index contributed by atoms with van der Waals surface area (Å²) in [6, 6.07) is 1.40. The summed E-state index contributed by atoms with van der Waals surface area (Å²) in [5.41, 5.74) is 0.0416. The molecule has 0 saturated carbocycles. The first kappa shape index (κ1) is 14.7. The van der Waals surface area contributed by atoms with E-state index in [1.165, 1.54) is 12.3 Å². The van der Waals surface area contributed by atoms with Gasteiger partial charge in [-0.2, -0.15) is 0 Å². The Morgan fingerprint density at radius 1 is 1.45 bits per heavy atom. The molecule has 0 radical (unpaired) electrons. The molecule has 1 aliphatic rings. The lowest BCUT2D eigenvalue weighted by atomic mass is 10.2. The summed E-state index contributed by atoms with van der Waals surface area (Å²) in [7, 11) is 1.56. The molecule has 0 aliphatic carbocycles. The SMILES string of the molecule is CNc1nccc(C(=O)N2CCN(CCO)CC2)c1F. The minimum Gasteiger partial charge on any atom is -0.395 e. The predicted molar refractivity (Wildman–Crippen MR) is 73.2 cm³/mol. The van der Waals surface area contributed by atoms with Crippen LogP contribution in [0.4, 0.5) is 10.2 Å². The minimum atomic E-state index is -0.613. The van der Waals surface area contributed by atoms with Crippen molar-refractivity contribution in [1.29, 1.82) is 0 Å². The monoisotopic (exact) mass is 282 g/mol. The second-order valence-electron chi connectivity index (χ2n) is 4.63. The Morgan fingerprint density at radius 3 is 2.75 bits per heavy atom. The van der Waals surface area contributed by atoms with Gasteiger partial charge in [-0.05, 0) is 6.07 Å². The highest BCUT2D eigenvalue weighted by Gasteiger charge is 2.24. The van der Waals surface area contributed by atoms with Crippen molar-refractivity contribution in [1.82, 2.24) is 14.8 Å². The molecule has 1 aliphatic heterocycles. The third-order valence-corrected chi connectivity index (χ3v) is 3.43. The van der Waals surface area contributed by atoms with Crippen LogP contribution < -0.4 is 5.32 Å². The zero-order chi connectivity index (χ0) is 14.5. The molecule has 2 heterocycles. The number of nitrogens with one attached hydrogen (secondary N) is 1. The van der Waals surface area contributed by atoms with Gasteiger partial charge in [0.15, 0.2) is 11.6 Å². The number of aliphatic hydroxyl groups is 1. The third-order valence-electron chi connectivity index (χ3n) is 3.43. The lowest BCUT2D eigenvalue weighted by molar-refractivity contribution is 0.0610. The Morgan fingerprint density at radius 2 is 2.15 bits per heavy atom. The van der Waals surface area contributed by atoms with Crippen LogP contribution in [0.15, 0.2) is 12.3 Å². The Bertz CT molecular complexity index is 475. The van der Waals surface area contributed by atoms with Crippen molar-refractivity contribution in [3.8, 4) is 0 Å². The second-order valence-corrected chi connectivity index (χ2v) is 4.63. The molecule has 0 aromatic carbocycles. The van der Waals surface area contributed by atoms with Gasteiger partial charge in [0, 0.05) is 46.0 Å². The van der Waals surface area contributed by atoms with Crippen LogP contribution >= 0.6 is 0 Å². The molecular weight excluding hydrogens is 263 g/mol. The molecule has 1 fully saturated rings. The number of hydrogen-bond acceptors (Lipinski definition) is 5. The highest BCUT2D eigenvalue weighted by atomic mass is 19.1. The zero-order valence-electron chi connectivity index (χ0n) is 11.5. The number of carbonyl (C=O) groups is 1. The fraction of sp³-hybridized carbons (Fsp3) is 0.538. The molecule has 7 heteroatoms. The van der Waals surface area contributed by atoms with E-state index < -0.39 is 5.82 Å². The number of hydrogen-bond donors (Lipinski definition) is 2. The van der Waals surface area contributed by atoms with E-state index in [0.717, 1.165) is 0 Å². The van der Waals surface area contributed by atoms with E-state index in [9.17, 15) is 9.18 Å². The van der Waals surface area contributed by atoms with Crippen LogP contribution in [0.2, 0.25) is 0 Å². The van der Waals surface area contributed by atoms with Gasteiger partial charge < -0.3 is 15.3 Å². The second kappa shape index (κ2) is 6.62. The van der Waals surface area contributed by atoms with E-state index in [4.69, 9.17) is 5.11 Å². The van der Waals surface area contributed by atoms with Gasteiger partial charge in [0.1, 0.15) is 0 Å². The molecule has 0 unspecified atom stereocenters. The van der Waals surface area contributed by atoms with Gasteiger partial charge in [0.25, 0.3) is 5.91 Å². The van der Waals surface area contributed by atoms with Crippen LogP contribution in [0.5, 0.6) is 0 Å². The molecule has 1 aromatic heterocycles. The van der Waals surface area contributed by atoms with Gasteiger partial charge in [0.05, 0.1) is 12.2 Å². The number of aliphatic hydroxyl groups excluding tert-OH is 1. The van der Waals surface area contributed by atoms with Crippen LogP contribution in [0.1, 0.15) is 10.4 Å². The van der Waals surface area contributed by atoms with Crippen LogP contribution in [0, 0.1) is 5.82 Å². The van der Waals surface area contributed by atoms with E-state index >= 15 is 0 Å². The minimum absolute atomic E-state index is 0.0416. The number of halogens is 1. The maximum absolute atomic E-state index is 14.1. The number of amides is 1. The summed E-state index contributed by atoms with van der Waals surface area (Å²) < 4.78 is 14.1. The summed E-state index contributed by atoms with van der Waals surface area (Å²) in [5, 5.41) is 11.5. The van der Waals surface area contributed by atoms with Gasteiger partial charge in [-0.15, -0.1) is 0 Å². The van der Waals surface area contributed by atoms with Crippen molar-refractivity contribution in [2.24, 2.45) is 0 Å². The molecule has 20 heavy (non-hydrogen) atoms. The Balaban J connectivity index is 2.06. The fourth-order valence-electron chi connectivity index (χ4n) is 2.27. The van der Waals surface area contributed by atoms with Gasteiger partial charge in [-0.1, -0.05) is 0 Å². The summed E-state index contributed by atoms with van der Waals surface area (Å²) >= 11 is 0. The number of aromatic nitrogens is 1. The lowest BCUT2D eigenvalue weighted by Crippen LogP contribution is -2.49. The highest BCUT2D eigenvalue weighted by molar-refractivity contribution is 5.95. The molecule has 0 atom stereocenters. The summed E-state index contributed by atoms with van der Waals surface area (Å²) in [6.07, 6.45) is 1.42. The van der Waals surface area contributed by atoms with E-state index in [1.807, 2.05) is 0 Å². The van der Waals surface area contributed by atoms with Crippen molar-refractivity contribution in [3.63, 3.8) is 0 Å². The number of carbonyl (C=O) groups excluding carboxylic acids is 1. The molecule has 0 bridgehead atoms. The molecule has 2 N–H and O–H groups in total. The summed E-state index contributed by atoms with van der Waals surface area (Å²) in [6.45, 7) is 3.18. The van der Waals surface area contributed by atoms with Gasteiger partial charge in [-0.25, -0.2) is 9.37 Å². The first-order chi connectivity index (χ1) is 9.67. The fourth-order valence-corrected chi connectivity index (χ4v) is 2.27. The van der Waals surface area contributed by atoms with Crippen molar-refractivity contribution < 1.29 is 14.3 Å². The van der Waals surface area contributed by atoms with E-state index in [2.05, 4.69) is 15.2 Å². The van der Waals surface area contributed by atoms with Crippen LogP contribution in [0.25, 0.3) is 0 Å². The van der Waals surface area contributed by atoms with Crippen LogP contribution in [0.3, 0.4) is 0 Å². The largest absolute Gasteiger partial charge is 0.395 e. The first-order valence-corrected chi connectivity index (χ1v) is 6.62. The number of anilines is 1. The van der Waals surface area contributed by atoms with Gasteiger partial charge >= 0.3 is 0 Å². The van der Waals surface area contributed by atoms with Crippen molar-refractivity contribution in [2.45, 2.75) is 0 Å². The number of β-amino-alcohol motifs (C(OH)–C–C–N with tert-alkyl or cyclic N) is 1. The number of piperazine rings is 1. The lowest BCUT2D eigenvalue weighted by Gasteiger charge is -2.34.